The van der Waals surface area contributed by atoms with E-state index in [1.54, 1.807) is 18.2 Å². The molecule has 0 saturated heterocycles. The number of hydrogen-bond acceptors (Lipinski definition) is 4. The summed E-state index contributed by atoms with van der Waals surface area (Å²) in [5.74, 6) is -0.112. The Morgan fingerprint density at radius 3 is 2.23 bits per heavy atom. The molecule has 1 aliphatic heterocycles. The molecular formula is C17H16ClN3O. The van der Waals surface area contributed by atoms with Gasteiger partial charge in [-0.3, -0.25) is 0 Å². The zero-order valence-electron chi connectivity index (χ0n) is 12.6. The number of allylic oxidation sites excluding steroid dienone is 3. The first-order valence-electron chi connectivity index (χ1n) is 6.78. The van der Waals surface area contributed by atoms with E-state index in [1.807, 2.05) is 26.8 Å². The minimum absolute atomic E-state index is 0.0244. The number of ether oxygens (including phenoxy) is 1. The Balaban J connectivity index is 2.77. The van der Waals surface area contributed by atoms with E-state index in [-0.39, 0.29) is 11.5 Å². The van der Waals surface area contributed by atoms with Gasteiger partial charge < -0.3 is 10.5 Å². The Bertz CT molecular complexity index is 757. The fraction of sp³-hybridized carbons (Fsp3) is 0.294. The van der Waals surface area contributed by atoms with E-state index in [2.05, 4.69) is 12.1 Å². The van der Waals surface area contributed by atoms with Crippen molar-refractivity contribution in [3.8, 4) is 12.1 Å². The number of halogens is 1. The number of hydrogen-bond donors (Lipinski definition) is 1. The van der Waals surface area contributed by atoms with Crippen molar-refractivity contribution in [1.29, 1.82) is 10.5 Å². The summed E-state index contributed by atoms with van der Waals surface area (Å²) in [5, 5.41) is 19.6. The Labute approximate surface area is 135 Å². The number of nitrogens with zero attached hydrogens (tertiary/aromatic N) is 2. The highest BCUT2D eigenvalue weighted by Crippen LogP contribution is 2.45. The average Bonchev–Trinajstić information content (AvgIpc) is 2.45. The molecule has 0 amide bonds. The number of nitrogens with two attached hydrogens (primary N) is 1. The van der Waals surface area contributed by atoms with Gasteiger partial charge in [-0.1, -0.05) is 50.6 Å². The van der Waals surface area contributed by atoms with Crippen molar-refractivity contribution in [3.05, 3.63) is 57.6 Å². The van der Waals surface area contributed by atoms with Gasteiger partial charge in [0.05, 0.1) is 17.6 Å². The maximum absolute atomic E-state index is 9.64. The molecule has 0 aromatic heterocycles. The third kappa shape index (κ3) is 2.66. The first-order chi connectivity index (χ1) is 10.3. The van der Waals surface area contributed by atoms with Crippen molar-refractivity contribution in [2.75, 3.05) is 0 Å². The first kappa shape index (κ1) is 15.9. The molecule has 5 heteroatoms. The van der Waals surface area contributed by atoms with E-state index in [1.165, 1.54) is 0 Å². The number of rotatable bonds is 1. The van der Waals surface area contributed by atoms with Crippen LogP contribution in [0.15, 0.2) is 47.1 Å². The van der Waals surface area contributed by atoms with Gasteiger partial charge in [-0.2, -0.15) is 10.5 Å². The molecule has 2 rings (SSSR count). The van der Waals surface area contributed by atoms with Crippen LogP contribution in [0.25, 0.3) is 0 Å². The van der Waals surface area contributed by atoms with Crippen molar-refractivity contribution in [3.63, 3.8) is 0 Å². The van der Waals surface area contributed by atoms with Crippen LogP contribution >= 0.6 is 11.6 Å². The molecule has 0 radical (unpaired) electrons. The second-order valence-electron chi connectivity index (χ2n) is 6.05. The minimum atomic E-state index is -0.605. The third-order valence-electron chi connectivity index (χ3n) is 3.44. The zero-order valence-corrected chi connectivity index (χ0v) is 13.4. The van der Waals surface area contributed by atoms with Crippen molar-refractivity contribution in [2.45, 2.75) is 26.7 Å². The molecule has 0 aliphatic carbocycles. The molecule has 0 fully saturated rings. The van der Waals surface area contributed by atoms with Crippen molar-refractivity contribution in [2.24, 2.45) is 11.1 Å². The van der Waals surface area contributed by atoms with Gasteiger partial charge in [0.1, 0.15) is 17.4 Å². The van der Waals surface area contributed by atoms with Gasteiger partial charge >= 0.3 is 0 Å². The van der Waals surface area contributed by atoms with Crippen molar-refractivity contribution in [1.82, 2.24) is 0 Å². The summed E-state index contributed by atoms with van der Waals surface area (Å²) in [6.07, 6.45) is 0. The highest BCUT2D eigenvalue weighted by Gasteiger charge is 2.38. The summed E-state index contributed by atoms with van der Waals surface area (Å²) >= 11 is 6.27. The Morgan fingerprint density at radius 2 is 1.73 bits per heavy atom. The van der Waals surface area contributed by atoms with Crippen molar-refractivity contribution >= 4 is 11.6 Å². The van der Waals surface area contributed by atoms with E-state index in [4.69, 9.17) is 22.1 Å². The van der Waals surface area contributed by atoms with Gasteiger partial charge in [-0.25, -0.2) is 0 Å². The lowest BCUT2D eigenvalue weighted by molar-refractivity contribution is 0.199. The third-order valence-corrected chi connectivity index (χ3v) is 3.78. The van der Waals surface area contributed by atoms with Crippen LogP contribution in [0.2, 0.25) is 5.02 Å². The summed E-state index contributed by atoms with van der Waals surface area (Å²) in [6, 6.07) is 11.4. The second-order valence-corrected chi connectivity index (χ2v) is 6.46. The van der Waals surface area contributed by atoms with Crippen LogP contribution in [0.1, 0.15) is 32.3 Å². The highest BCUT2D eigenvalue weighted by atomic mass is 35.5. The molecule has 1 aliphatic rings. The molecule has 0 spiro atoms. The first-order valence-corrected chi connectivity index (χ1v) is 7.15. The summed E-state index contributed by atoms with van der Waals surface area (Å²) in [6.45, 7) is 5.77. The monoisotopic (exact) mass is 313 g/mol. The van der Waals surface area contributed by atoms with Crippen LogP contribution in [0.5, 0.6) is 0 Å². The van der Waals surface area contributed by atoms with Gasteiger partial charge in [-0.05, 0) is 11.6 Å². The maximum Gasteiger partial charge on any atom is 0.205 e. The standard InChI is InChI=1S/C17H16ClN3O/c1-17(2,3)15-11(8-19)14(12(9-20)16(21)22-15)10-6-4-5-7-13(10)18/h4-7,14H,21H2,1-3H3/t14-/m1/s1. The molecule has 4 nitrogen and oxygen atoms in total. The Morgan fingerprint density at radius 1 is 1.14 bits per heavy atom. The lowest BCUT2D eigenvalue weighted by atomic mass is 9.79. The predicted molar refractivity (Wildman–Crippen MR) is 84.2 cm³/mol. The zero-order chi connectivity index (χ0) is 16.5. The summed E-state index contributed by atoms with van der Waals surface area (Å²) in [4.78, 5) is 0. The quantitative estimate of drug-likeness (QED) is 0.850. The fourth-order valence-electron chi connectivity index (χ4n) is 2.45. The second kappa shape index (κ2) is 5.75. The Kier molecular flexibility index (Phi) is 4.17. The predicted octanol–water partition coefficient (Wildman–Crippen LogP) is 3.97. The molecule has 1 aromatic carbocycles. The minimum Gasteiger partial charge on any atom is -0.443 e. The van der Waals surface area contributed by atoms with E-state index in [0.29, 0.717) is 21.9 Å². The molecule has 22 heavy (non-hydrogen) atoms. The smallest absolute Gasteiger partial charge is 0.205 e. The molecular weight excluding hydrogens is 298 g/mol. The van der Waals surface area contributed by atoms with Gasteiger partial charge in [0.15, 0.2) is 0 Å². The van der Waals surface area contributed by atoms with Crippen molar-refractivity contribution < 1.29 is 4.74 Å². The normalized spacial score (nSPS) is 18.5. The van der Waals surface area contributed by atoms with Crippen LogP contribution in [0.4, 0.5) is 0 Å². The van der Waals surface area contributed by atoms with E-state index < -0.39 is 11.3 Å². The van der Waals surface area contributed by atoms with Gasteiger partial charge in [0.2, 0.25) is 5.88 Å². The van der Waals surface area contributed by atoms with E-state index >= 15 is 0 Å². The highest BCUT2D eigenvalue weighted by molar-refractivity contribution is 6.31. The van der Waals surface area contributed by atoms with Gasteiger partial charge in [0, 0.05) is 10.4 Å². The van der Waals surface area contributed by atoms with Gasteiger partial charge in [0.25, 0.3) is 0 Å². The lowest BCUT2D eigenvalue weighted by Crippen LogP contribution is -2.26. The summed E-state index contributed by atoms with van der Waals surface area (Å²) in [7, 11) is 0. The largest absolute Gasteiger partial charge is 0.443 e. The lowest BCUT2D eigenvalue weighted by Gasteiger charge is -2.32. The molecule has 112 valence electrons. The molecule has 1 heterocycles. The molecule has 0 bridgehead atoms. The maximum atomic E-state index is 9.64. The summed E-state index contributed by atoms with van der Waals surface area (Å²) < 4.78 is 5.60. The fourth-order valence-corrected chi connectivity index (χ4v) is 2.69. The van der Waals surface area contributed by atoms with Crippen LogP contribution in [-0.2, 0) is 4.74 Å². The number of benzene rings is 1. The van der Waals surface area contributed by atoms with Crippen LogP contribution < -0.4 is 5.73 Å². The molecule has 2 N–H and O–H groups in total. The topological polar surface area (TPSA) is 82.8 Å². The van der Waals surface area contributed by atoms with E-state index in [0.717, 1.165) is 0 Å². The van der Waals surface area contributed by atoms with Crippen LogP contribution in [0.3, 0.4) is 0 Å². The van der Waals surface area contributed by atoms with Gasteiger partial charge in [-0.15, -0.1) is 0 Å². The van der Waals surface area contributed by atoms with Crippen LogP contribution in [-0.4, -0.2) is 0 Å². The number of nitriles is 2. The average molecular weight is 314 g/mol. The molecule has 0 unspecified atom stereocenters. The summed E-state index contributed by atoms with van der Waals surface area (Å²) in [5.41, 5.74) is 6.74. The SMILES string of the molecule is CC(C)(C)C1=C(C#N)[C@@H](c2ccccc2Cl)C(C#N)=C(N)O1. The molecule has 1 aromatic rings. The molecule has 1 atom stereocenters. The molecule has 0 saturated carbocycles. The van der Waals surface area contributed by atoms with E-state index in [9.17, 15) is 10.5 Å². The van der Waals surface area contributed by atoms with Crippen LogP contribution in [0, 0.1) is 28.1 Å². The Hall–Kier alpha value is -2.43.